The zero-order chi connectivity index (χ0) is 21.1. The molecule has 2 atom stereocenters. The molecule has 1 N–H and O–H groups in total. The highest BCUT2D eigenvalue weighted by Gasteiger charge is 2.26. The van der Waals surface area contributed by atoms with Crippen LogP contribution in [0.3, 0.4) is 0 Å². The third-order valence-corrected chi connectivity index (χ3v) is 6.27. The van der Waals surface area contributed by atoms with Crippen LogP contribution in [0.1, 0.15) is 37.1 Å². The van der Waals surface area contributed by atoms with Crippen LogP contribution in [0.15, 0.2) is 53.7 Å². The molecule has 2 heterocycles. The number of nitrogens with one attached hydrogen (secondary N) is 1. The molecule has 8 heteroatoms. The lowest BCUT2D eigenvalue weighted by Crippen LogP contribution is -2.17. The van der Waals surface area contributed by atoms with E-state index in [0.29, 0.717) is 5.92 Å². The molecule has 1 saturated heterocycles. The molecule has 0 unspecified atom stereocenters. The van der Waals surface area contributed by atoms with Gasteiger partial charge in [-0.3, -0.25) is 5.32 Å². The van der Waals surface area contributed by atoms with Crippen molar-refractivity contribution in [1.29, 1.82) is 0 Å². The number of anilines is 1. The van der Waals surface area contributed by atoms with Gasteiger partial charge in [0.05, 0.1) is 11.8 Å². The first kappa shape index (κ1) is 20.8. The Morgan fingerprint density at radius 2 is 1.87 bits per heavy atom. The normalized spacial score (nSPS) is 18.8. The number of thioether (sulfide) groups is 1. The Kier molecular flexibility index (Phi) is 6.36. The van der Waals surface area contributed by atoms with Gasteiger partial charge in [-0.25, -0.2) is 0 Å². The number of hydrogen-bond acceptors (Lipinski definition) is 7. The Labute approximate surface area is 181 Å². The fourth-order valence-electron chi connectivity index (χ4n) is 3.37. The van der Waals surface area contributed by atoms with Gasteiger partial charge in [-0.15, -0.1) is 5.10 Å². The van der Waals surface area contributed by atoms with Gasteiger partial charge in [0.2, 0.25) is 5.16 Å². The van der Waals surface area contributed by atoms with E-state index in [1.807, 2.05) is 14.1 Å². The Morgan fingerprint density at radius 3 is 2.53 bits per heavy atom. The quantitative estimate of drug-likeness (QED) is 0.581. The fourth-order valence-corrected chi connectivity index (χ4v) is 4.26. The van der Waals surface area contributed by atoms with E-state index in [4.69, 9.17) is 4.74 Å². The van der Waals surface area contributed by atoms with E-state index in [-0.39, 0.29) is 12.3 Å². The van der Waals surface area contributed by atoms with Crippen molar-refractivity contribution in [3.63, 3.8) is 0 Å². The lowest BCUT2D eigenvalue weighted by molar-refractivity contribution is 0.0534. The number of ether oxygens (including phenoxy) is 1. The van der Waals surface area contributed by atoms with E-state index >= 15 is 0 Å². The molecule has 0 bridgehead atoms. The molecule has 4 rings (SSSR count). The lowest BCUT2D eigenvalue weighted by atomic mass is 10.0. The van der Waals surface area contributed by atoms with Gasteiger partial charge < -0.3 is 9.64 Å². The first-order valence-corrected chi connectivity index (χ1v) is 11.2. The highest BCUT2D eigenvalue weighted by atomic mass is 32.2. The summed E-state index contributed by atoms with van der Waals surface area (Å²) in [5, 5.41) is 16.5. The van der Waals surface area contributed by atoms with Crippen molar-refractivity contribution >= 4 is 17.4 Å². The van der Waals surface area contributed by atoms with Gasteiger partial charge in [-0.1, -0.05) is 49.9 Å². The highest BCUT2D eigenvalue weighted by molar-refractivity contribution is 7.99. The summed E-state index contributed by atoms with van der Waals surface area (Å²) in [5.41, 5.74) is 4.59. The SMILES string of the molecule is CC(C)c1ccc(-n2nnnc2SC[C@H]2CN[C@H](c3ccc(N(C)C)cc3)O2)cc1. The predicted octanol–water partition coefficient (Wildman–Crippen LogP) is 3.63. The Hall–Kier alpha value is -2.42. The van der Waals surface area contributed by atoms with Crippen LogP contribution >= 0.6 is 11.8 Å². The van der Waals surface area contributed by atoms with E-state index in [1.54, 1.807) is 16.4 Å². The summed E-state index contributed by atoms with van der Waals surface area (Å²) in [6, 6.07) is 16.8. The maximum atomic E-state index is 6.21. The first-order valence-electron chi connectivity index (χ1n) is 10.2. The van der Waals surface area contributed by atoms with Crippen molar-refractivity contribution in [3.05, 3.63) is 59.7 Å². The summed E-state index contributed by atoms with van der Waals surface area (Å²) in [5.74, 6) is 1.28. The molecule has 0 aliphatic carbocycles. The molecular weight excluding hydrogens is 396 g/mol. The maximum absolute atomic E-state index is 6.21. The van der Waals surface area contributed by atoms with Gasteiger partial charge >= 0.3 is 0 Å². The molecule has 1 aromatic heterocycles. The van der Waals surface area contributed by atoms with Gasteiger partial charge in [0.1, 0.15) is 6.23 Å². The number of hydrogen-bond donors (Lipinski definition) is 1. The number of nitrogens with zero attached hydrogens (tertiary/aromatic N) is 5. The molecule has 1 aliphatic heterocycles. The third-order valence-electron chi connectivity index (χ3n) is 5.22. The second-order valence-corrected chi connectivity index (χ2v) is 8.95. The van der Waals surface area contributed by atoms with Gasteiger partial charge in [0.15, 0.2) is 0 Å². The van der Waals surface area contributed by atoms with Crippen molar-refractivity contribution in [3.8, 4) is 5.69 Å². The summed E-state index contributed by atoms with van der Waals surface area (Å²) < 4.78 is 8.00. The molecule has 0 saturated carbocycles. The minimum absolute atomic E-state index is 0.0774. The average Bonchev–Trinajstić information content (AvgIpc) is 3.42. The smallest absolute Gasteiger partial charge is 0.214 e. The van der Waals surface area contributed by atoms with Crippen LogP contribution in [0.2, 0.25) is 0 Å². The number of benzene rings is 2. The number of aromatic nitrogens is 4. The molecule has 158 valence electrons. The number of rotatable bonds is 7. The second-order valence-electron chi connectivity index (χ2n) is 7.96. The molecule has 0 spiro atoms. The van der Waals surface area contributed by atoms with E-state index in [0.717, 1.165) is 28.7 Å². The molecule has 30 heavy (non-hydrogen) atoms. The summed E-state index contributed by atoms with van der Waals surface area (Å²) in [7, 11) is 4.08. The van der Waals surface area contributed by atoms with Crippen molar-refractivity contribution in [1.82, 2.24) is 25.5 Å². The minimum atomic E-state index is -0.0774. The maximum Gasteiger partial charge on any atom is 0.214 e. The minimum Gasteiger partial charge on any atom is -0.378 e. The Balaban J connectivity index is 1.35. The Bertz CT molecular complexity index is 955. The van der Waals surface area contributed by atoms with Crippen molar-refractivity contribution in [2.75, 3.05) is 31.3 Å². The van der Waals surface area contributed by atoms with Crippen LogP contribution < -0.4 is 10.2 Å². The summed E-state index contributed by atoms with van der Waals surface area (Å²) in [4.78, 5) is 2.09. The zero-order valence-corrected chi connectivity index (χ0v) is 18.6. The standard InChI is InChI=1S/C22H28N6OS/c1-15(2)16-5-11-19(12-6-16)28-22(24-25-26-28)30-14-20-13-23-21(29-20)17-7-9-18(10-8-17)27(3)4/h5-12,15,20-21,23H,13-14H2,1-4H3/t20-,21+/m1/s1. The van der Waals surface area contributed by atoms with Crippen molar-refractivity contribution < 1.29 is 4.74 Å². The highest BCUT2D eigenvalue weighted by Crippen LogP contribution is 2.27. The van der Waals surface area contributed by atoms with E-state index in [2.05, 4.69) is 88.1 Å². The summed E-state index contributed by atoms with van der Waals surface area (Å²) in [6.07, 6.45) is 0.0216. The molecule has 3 aromatic rings. The first-order chi connectivity index (χ1) is 14.5. The zero-order valence-electron chi connectivity index (χ0n) is 17.8. The summed E-state index contributed by atoms with van der Waals surface area (Å²) >= 11 is 1.62. The largest absolute Gasteiger partial charge is 0.378 e. The van der Waals surface area contributed by atoms with Crippen LogP contribution in [-0.2, 0) is 4.74 Å². The van der Waals surface area contributed by atoms with Crippen LogP contribution in [0.4, 0.5) is 5.69 Å². The summed E-state index contributed by atoms with van der Waals surface area (Å²) in [6.45, 7) is 5.18. The van der Waals surface area contributed by atoms with Crippen LogP contribution in [-0.4, -0.2) is 52.7 Å². The van der Waals surface area contributed by atoms with Crippen LogP contribution in [0.25, 0.3) is 5.69 Å². The van der Waals surface area contributed by atoms with E-state index < -0.39 is 0 Å². The monoisotopic (exact) mass is 424 g/mol. The van der Waals surface area contributed by atoms with E-state index in [9.17, 15) is 0 Å². The second kappa shape index (κ2) is 9.16. The molecule has 0 radical (unpaired) electrons. The third kappa shape index (κ3) is 4.66. The van der Waals surface area contributed by atoms with Gasteiger partial charge in [-0.05, 0) is 51.7 Å². The van der Waals surface area contributed by atoms with Crippen LogP contribution in [0, 0.1) is 0 Å². The van der Waals surface area contributed by atoms with Crippen molar-refractivity contribution in [2.45, 2.75) is 37.3 Å². The van der Waals surface area contributed by atoms with Crippen LogP contribution in [0.5, 0.6) is 0 Å². The topological polar surface area (TPSA) is 68.1 Å². The molecule has 1 fully saturated rings. The molecule has 1 aliphatic rings. The number of tetrazole rings is 1. The molecule has 0 amide bonds. The fraction of sp³-hybridized carbons (Fsp3) is 0.409. The van der Waals surface area contributed by atoms with Gasteiger partial charge in [-0.2, -0.15) is 4.68 Å². The van der Waals surface area contributed by atoms with Crippen molar-refractivity contribution in [2.24, 2.45) is 0 Å². The van der Waals surface area contributed by atoms with Gasteiger partial charge in [0, 0.05) is 32.1 Å². The predicted molar refractivity (Wildman–Crippen MR) is 120 cm³/mol. The van der Waals surface area contributed by atoms with E-state index in [1.165, 1.54) is 11.3 Å². The average molecular weight is 425 g/mol. The Morgan fingerprint density at radius 1 is 1.13 bits per heavy atom. The lowest BCUT2D eigenvalue weighted by Gasteiger charge is -2.16. The molecular formula is C22H28N6OS. The molecule has 2 aromatic carbocycles. The molecule has 7 nitrogen and oxygen atoms in total. The van der Waals surface area contributed by atoms with Gasteiger partial charge in [0.25, 0.3) is 0 Å².